The Morgan fingerprint density at radius 1 is 1.44 bits per heavy atom. The highest BCUT2D eigenvalue weighted by Gasteiger charge is 2.27. The van der Waals surface area contributed by atoms with E-state index >= 15 is 0 Å². The van der Waals surface area contributed by atoms with Gasteiger partial charge in [0.25, 0.3) is 0 Å². The summed E-state index contributed by atoms with van der Waals surface area (Å²) in [5.41, 5.74) is 0.243. The van der Waals surface area contributed by atoms with Crippen molar-refractivity contribution in [3.8, 4) is 0 Å². The molecule has 0 aromatic heterocycles. The molecule has 18 heavy (non-hydrogen) atoms. The monoisotopic (exact) mass is 254 g/mol. The van der Waals surface area contributed by atoms with Crippen LogP contribution in [-0.4, -0.2) is 36.5 Å². The molecule has 1 aliphatic heterocycles. The van der Waals surface area contributed by atoms with E-state index in [1.807, 2.05) is 6.92 Å². The van der Waals surface area contributed by atoms with Crippen molar-refractivity contribution in [2.75, 3.05) is 19.6 Å². The standard InChI is InChI=1S/C13H16F2N2O/c1-2-17(11-7-16-8-11)13(18)5-9-3-4-10(14)6-12(9)15/h3-4,6,11,16H,2,5,7-8H2,1H3. The normalized spacial score (nSPS) is 15.3. The number of hydrogen-bond donors (Lipinski definition) is 1. The first-order valence-electron chi connectivity index (χ1n) is 6.06. The van der Waals surface area contributed by atoms with E-state index in [0.29, 0.717) is 6.54 Å². The quantitative estimate of drug-likeness (QED) is 0.879. The molecule has 0 spiro atoms. The minimum absolute atomic E-state index is 0.0174. The lowest BCUT2D eigenvalue weighted by Gasteiger charge is -2.37. The molecule has 0 unspecified atom stereocenters. The van der Waals surface area contributed by atoms with E-state index < -0.39 is 11.6 Å². The molecule has 5 heteroatoms. The van der Waals surface area contributed by atoms with Crippen molar-refractivity contribution < 1.29 is 13.6 Å². The van der Waals surface area contributed by atoms with Crippen LogP contribution >= 0.6 is 0 Å². The maximum atomic E-state index is 13.5. The van der Waals surface area contributed by atoms with Gasteiger partial charge < -0.3 is 10.2 Å². The van der Waals surface area contributed by atoms with Gasteiger partial charge in [-0.25, -0.2) is 8.78 Å². The number of benzene rings is 1. The van der Waals surface area contributed by atoms with Crippen LogP contribution in [0.3, 0.4) is 0 Å². The van der Waals surface area contributed by atoms with Gasteiger partial charge in [0, 0.05) is 25.7 Å². The molecule has 1 fully saturated rings. The lowest BCUT2D eigenvalue weighted by molar-refractivity contribution is -0.133. The van der Waals surface area contributed by atoms with Gasteiger partial charge in [-0.05, 0) is 18.6 Å². The largest absolute Gasteiger partial charge is 0.337 e. The Morgan fingerprint density at radius 2 is 2.17 bits per heavy atom. The SMILES string of the molecule is CCN(C(=O)Cc1ccc(F)cc1F)C1CNC1. The number of likely N-dealkylation sites (N-methyl/N-ethyl adjacent to an activating group) is 1. The summed E-state index contributed by atoms with van der Waals surface area (Å²) in [6, 6.07) is 3.51. The highest BCUT2D eigenvalue weighted by Crippen LogP contribution is 2.13. The molecule has 1 heterocycles. The number of nitrogens with one attached hydrogen (secondary N) is 1. The summed E-state index contributed by atoms with van der Waals surface area (Å²) in [5, 5.41) is 3.10. The highest BCUT2D eigenvalue weighted by molar-refractivity contribution is 5.79. The van der Waals surface area contributed by atoms with Crippen LogP contribution in [0.1, 0.15) is 12.5 Å². The molecule has 1 N–H and O–H groups in total. The molecule has 3 nitrogen and oxygen atoms in total. The van der Waals surface area contributed by atoms with Gasteiger partial charge in [-0.2, -0.15) is 0 Å². The predicted octanol–water partition coefficient (Wildman–Crippen LogP) is 1.33. The number of nitrogens with zero attached hydrogens (tertiary/aromatic N) is 1. The molecule has 0 saturated carbocycles. The van der Waals surface area contributed by atoms with E-state index in [4.69, 9.17) is 0 Å². The summed E-state index contributed by atoms with van der Waals surface area (Å²) in [6.07, 6.45) is -0.0174. The minimum Gasteiger partial charge on any atom is -0.337 e. The zero-order chi connectivity index (χ0) is 13.1. The molecule has 0 bridgehead atoms. The smallest absolute Gasteiger partial charge is 0.227 e. The fourth-order valence-electron chi connectivity index (χ4n) is 2.06. The lowest BCUT2D eigenvalue weighted by Crippen LogP contribution is -2.59. The van der Waals surface area contributed by atoms with Crippen LogP contribution in [0.4, 0.5) is 8.78 Å². The zero-order valence-electron chi connectivity index (χ0n) is 10.2. The van der Waals surface area contributed by atoms with E-state index in [0.717, 1.165) is 19.2 Å². The molecule has 1 aromatic rings. The number of hydrogen-bond acceptors (Lipinski definition) is 2. The average Bonchev–Trinajstić information content (AvgIpc) is 2.26. The van der Waals surface area contributed by atoms with E-state index in [2.05, 4.69) is 5.32 Å². The van der Waals surface area contributed by atoms with E-state index in [1.165, 1.54) is 12.1 Å². The van der Waals surface area contributed by atoms with Crippen LogP contribution in [0, 0.1) is 11.6 Å². The topological polar surface area (TPSA) is 32.3 Å². The molecule has 2 rings (SSSR count). The number of carbonyl (C=O) groups excluding carboxylic acids is 1. The van der Waals surface area contributed by atoms with Crippen LogP contribution in [0.2, 0.25) is 0 Å². The zero-order valence-corrected chi connectivity index (χ0v) is 10.2. The second kappa shape index (κ2) is 5.44. The van der Waals surface area contributed by atoms with Crippen LogP contribution in [0.15, 0.2) is 18.2 Å². The first-order chi connectivity index (χ1) is 8.61. The Balaban J connectivity index is 2.05. The molecule has 0 atom stereocenters. The summed E-state index contributed by atoms with van der Waals surface area (Å²) in [4.78, 5) is 13.8. The molecule has 98 valence electrons. The summed E-state index contributed by atoms with van der Waals surface area (Å²) in [5.74, 6) is -1.40. The summed E-state index contributed by atoms with van der Waals surface area (Å²) in [7, 11) is 0. The maximum absolute atomic E-state index is 13.5. The third-order valence-corrected chi connectivity index (χ3v) is 3.22. The van der Waals surface area contributed by atoms with Gasteiger partial charge in [0.15, 0.2) is 0 Å². The van der Waals surface area contributed by atoms with Gasteiger partial charge in [0.2, 0.25) is 5.91 Å². The fourth-order valence-corrected chi connectivity index (χ4v) is 2.06. The van der Waals surface area contributed by atoms with Crippen molar-refractivity contribution in [3.63, 3.8) is 0 Å². The molecule has 1 amide bonds. The number of halogens is 2. The maximum Gasteiger partial charge on any atom is 0.227 e. The first-order valence-corrected chi connectivity index (χ1v) is 6.06. The van der Waals surface area contributed by atoms with Crippen molar-refractivity contribution in [3.05, 3.63) is 35.4 Å². The average molecular weight is 254 g/mol. The lowest BCUT2D eigenvalue weighted by atomic mass is 10.1. The number of amides is 1. The molecular weight excluding hydrogens is 238 g/mol. The van der Waals surface area contributed by atoms with Crippen molar-refractivity contribution in [1.29, 1.82) is 0 Å². The van der Waals surface area contributed by atoms with Gasteiger partial charge >= 0.3 is 0 Å². The van der Waals surface area contributed by atoms with Crippen LogP contribution in [-0.2, 0) is 11.2 Å². The second-order valence-corrected chi connectivity index (χ2v) is 4.40. The Kier molecular flexibility index (Phi) is 3.91. The number of carbonyl (C=O) groups is 1. The minimum atomic E-state index is -0.661. The summed E-state index contributed by atoms with van der Waals surface area (Å²) < 4.78 is 26.2. The van der Waals surface area contributed by atoms with E-state index in [9.17, 15) is 13.6 Å². The van der Waals surface area contributed by atoms with Gasteiger partial charge in [-0.1, -0.05) is 6.07 Å². The van der Waals surface area contributed by atoms with E-state index in [1.54, 1.807) is 4.90 Å². The second-order valence-electron chi connectivity index (χ2n) is 4.40. The molecule has 0 aliphatic carbocycles. The first kappa shape index (κ1) is 13.0. The molecular formula is C13H16F2N2O. The van der Waals surface area contributed by atoms with Gasteiger partial charge in [-0.3, -0.25) is 4.79 Å². The highest BCUT2D eigenvalue weighted by atomic mass is 19.1. The third-order valence-electron chi connectivity index (χ3n) is 3.22. The van der Waals surface area contributed by atoms with Gasteiger partial charge in [0.05, 0.1) is 12.5 Å². The van der Waals surface area contributed by atoms with Gasteiger partial charge in [-0.15, -0.1) is 0 Å². The fraction of sp³-hybridized carbons (Fsp3) is 0.462. The van der Waals surface area contributed by atoms with Crippen molar-refractivity contribution in [1.82, 2.24) is 10.2 Å². The Bertz CT molecular complexity index is 447. The molecule has 1 saturated heterocycles. The predicted molar refractivity (Wildman–Crippen MR) is 64.1 cm³/mol. The van der Waals surface area contributed by atoms with E-state index in [-0.39, 0.29) is 23.9 Å². The van der Waals surface area contributed by atoms with Crippen LogP contribution < -0.4 is 5.32 Å². The van der Waals surface area contributed by atoms with Gasteiger partial charge in [0.1, 0.15) is 11.6 Å². The van der Waals surface area contributed by atoms with Crippen LogP contribution in [0.25, 0.3) is 0 Å². The Hall–Kier alpha value is -1.49. The third kappa shape index (κ3) is 2.67. The molecule has 0 radical (unpaired) electrons. The summed E-state index contributed by atoms with van der Waals surface area (Å²) >= 11 is 0. The molecule has 1 aliphatic rings. The molecule has 1 aromatic carbocycles. The Morgan fingerprint density at radius 3 is 2.67 bits per heavy atom. The Labute approximate surface area is 105 Å². The van der Waals surface area contributed by atoms with Crippen molar-refractivity contribution in [2.45, 2.75) is 19.4 Å². The van der Waals surface area contributed by atoms with Crippen molar-refractivity contribution >= 4 is 5.91 Å². The van der Waals surface area contributed by atoms with Crippen LogP contribution in [0.5, 0.6) is 0 Å². The van der Waals surface area contributed by atoms with Crippen molar-refractivity contribution in [2.24, 2.45) is 0 Å². The number of rotatable bonds is 4. The summed E-state index contributed by atoms with van der Waals surface area (Å²) in [6.45, 7) is 4.07.